The normalized spacial score (nSPS) is 24.1. The fourth-order valence-corrected chi connectivity index (χ4v) is 2.48. The summed E-state index contributed by atoms with van der Waals surface area (Å²) < 4.78 is 0. The van der Waals surface area contributed by atoms with Crippen LogP contribution in [0.4, 0.5) is 5.82 Å². The highest BCUT2D eigenvalue weighted by Crippen LogP contribution is 2.20. The molecule has 2 atom stereocenters. The van der Waals surface area contributed by atoms with Gasteiger partial charge in [-0.2, -0.15) is 0 Å². The maximum Gasteiger partial charge on any atom is 0.158 e. The predicted octanol–water partition coefficient (Wildman–Crippen LogP) is -0.741. The molecule has 0 amide bonds. The number of anilines is 1. The second-order valence-electron chi connectivity index (χ2n) is 5.27. The first-order valence-electron chi connectivity index (χ1n) is 6.43. The molecule has 2 heterocycles. The summed E-state index contributed by atoms with van der Waals surface area (Å²) in [6.45, 7) is 2.33. The van der Waals surface area contributed by atoms with Crippen LogP contribution in [-0.4, -0.2) is 64.2 Å². The first-order valence-corrected chi connectivity index (χ1v) is 6.43. The van der Waals surface area contributed by atoms with Crippen LogP contribution in [0.2, 0.25) is 0 Å². The van der Waals surface area contributed by atoms with Gasteiger partial charge >= 0.3 is 0 Å². The Morgan fingerprint density at radius 1 is 1.47 bits per heavy atom. The number of aromatic nitrogens is 2. The second kappa shape index (κ2) is 6.25. The molecule has 0 saturated carbocycles. The number of nitrogens with zero attached hydrogens (tertiary/aromatic N) is 4. The van der Waals surface area contributed by atoms with Crippen molar-refractivity contribution in [1.29, 1.82) is 0 Å². The van der Waals surface area contributed by atoms with Gasteiger partial charge in [0.15, 0.2) is 5.82 Å². The number of nitrogens with two attached hydrogens (primary N) is 1. The fourth-order valence-electron chi connectivity index (χ4n) is 2.48. The van der Waals surface area contributed by atoms with Crippen LogP contribution < -0.4 is 11.3 Å². The van der Waals surface area contributed by atoms with E-state index < -0.39 is 0 Å². The molecule has 7 nitrogen and oxygen atoms in total. The molecule has 1 aromatic heterocycles. The second-order valence-corrected chi connectivity index (χ2v) is 5.27. The molecule has 1 fully saturated rings. The van der Waals surface area contributed by atoms with Crippen LogP contribution in [0.5, 0.6) is 0 Å². The Balaban J connectivity index is 1.99. The monoisotopic (exact) mass is 266 g/mol. The van der Waals surface area contributed by atoms with E-state index in [4.69, 9.17) is 5.84 Å². The molecule has 0 aromatic carbocycles. The van der Waals surface area contributed by atoms with E-state index in [0.717, 1.165) is 18.7 Å². The van der Waals surface area contributed by atoms with Crippen molar-refractivity contribution >= 4 is 5.82 Å². The van der Waals surface area contributed by atoms with E-state index in [2.05, 4.69) is 25.2 Å². The zero-order valence-corrected chi connectivity index (χ0v) is 11.5. The molecule has 2 rings (SSSR count). The number of likely N-dealkylation sites (N-methyl/N-ethyl adjacent to an activating group) is 1. The van der Waals surface area contributed by atoms with Crippen LogP contribution in [0.3, 0.4) is 0 Å². The van der Waals surface area contributed by atoms with Crippen molar-refractivity contribution in [2.45, 2.75) is 25.1 Å². The number of hydrazine groups is 1. The first kappa shape index (κ1) is 14.1. The van der Waals surface area contributed by atoms with Gasteiger partial charge in [-0.15, -0.1) is 0 Å². The summed E-state index contributed by atoms with van der Waals surface area (Å²) in [5.74, 6) is 5.81. The summed E-state index contributed by atoms with van der Waals surface area (Å²) in [5, 5.41) is 9.82. The van der Waals surface area contributed by atoms with Gasteiger partial charge in [0, 0.05) is 25.7 Å². The third kappa shape index (κ3) is 3.84. The highest BCUT2D eigenvalue weighted by molar-refractivity contribution is 5.28. The van der Waals surface area contributed by atoms with Gasteiger partial charge in [0.25, 0.3) is 0 Å². The molecule has 106 valence electrons. The number of rotatable bonds is 5. The number of nitrogen functional groups attached to an aromatic ring is 1. The average Bonchev–Trinajstić information content (AvgIpc) is 2.69. The minimum absolute atomic E-state index is 0.247. The minimum Gasteiger partial charge on any atom is -0.392 e. The Morgan fingerprint density at radius 3 is 2.84 bits per heavy atom. The largest absolute Gasteiger partial charge is 0.392 e. The summed E-state index contributed by atoms with van der Waals surface area (Å²) in [5.41, 5.74) is 3.34. The van der Waals surface area contributed by atoms with E-state index >= 15 is 0 Å². The van der Waals surface area contributed by atoms with Crippen molar-refractivity contribution < 1.29 is 5.11 Å². The third-order valence-corrected chi connectivity index (χ3v) is 3.30. The van der Waals surface area contributed by atoms with Crippen molar-refractivity contribution in [1.82, 2.24) is 19.8 Å². The van der Waals surface area contributed by atoms with Crippen LogP contribution in [0, 0.1) is 0 Å². The molecule has 7 heteroatoms. The Labute approximate surface area is 113 Å². The smallest absolute Gasteiger partial charge is 0.158 e. The molecule has 19 heavy (non-hydrogen) atoms. The molecule has 1 aliphatic heterocycles. The lowest BCUT2D eigenvalue weighted by Gasteiger charge is -2.26. The number of hydrogen-bond acceptors (Lipinski definition) is 7. The molecular formula is C12H22N6O. The van der Waals surface area contributed by atoms with E-state index in [0.29, 0.717) is 24.9 Å². The van der Waals surface area contributed by atoms with E-state index in [1.807, 2.05) is 14.1 Å². The fraction of sp³-hybridized carbons (Fsp3) is 0.667. The van der Waals surface area contributed by atoms with Crippen LogP contribution in [0.15, 0.2) is 12.4 Å². The summed E-state index contributed by atoms with van der Waals surface area (Å²) >= 11 is 0. The highest BCUT2D eigenvalue weighted by atomic mass is 16.3. The van der Waals surface area contributed by atoms with Gasteiger partial charge in [0.1, 0.15) is 0 Å². The Bertz CT molecular complexity index is 396. The van der Waals surface area contributed by atoms with Crippen molar-refractivity contribution in [3.05, 3.63) is 18.1 Å². The predicted molar refractivity (Wildman–Crippen MR) is 73.2 cm³/mol. The van der Waals surface area contributed by atoms with Gasteiger partial charge in [0.05, 0.1) is 24.2 Å². The maximum atomic E-state index is 9.82. The summed E-state index contributed by atoms with van der Waals surface area (Å²) in [7, 11) is 4.09. The lowest BCUT2D eigenvalue weighted by molar-refractivity contribution is 0.168. The van der Waals surface area contributed by atoms with Gasteiger partial charge in [-0.25, -0.2) is 10.8 Å². The minimum atomic E-state index is -0.247. The van der Waals surface area contributed by atoms with Crippen molar-refractivity contribution in [2.24, 2.45) is 5.84 Å². The van der Waals surface area contributed by atoms with Crippen LogP contribution in [0.25, 0.3) is 0 Å². The van der Waals surface area contributed by atoms with Gasteiger partial charge in [-0.1, -0.05) is 0 Å². The first-order chi connectivity index (χ1) is 9.08. The zero-order valence-electron chi connectivity index (χ0n) is 11.5. The van der Waals surface area contributed by atoms with E-state index in [1.54, 1.807) is 12.4 Å². The molecule has 0 bridgehead atoms. The number of nitrogens with one attached hydrogen (secondary N) is 1. The molecule has 0 spiro atoms. The van der Waals surface area contributed by atoms with Crippen molar-refractivity contribution in [3.8, 4) is 0 Å². The molecule has 1 aliphatic rings. The SMILES string of the molecule is CN(C)CC1CC(O)CN1Cc1cnc(NN)cn1. The van der Waals surface area contributed by atoms with E-state index in [1.165, 1.54) is 0 Å². The maximum absolute atomic E-state index is 9.82. The van der Waals surface area contributed by atoms with Crippen LogP contribution >= 0.6 is 0 Å². The molecule has 2 unspecified atom stereocenters. The standard InChI is InChI=1S/C12H22N6O/c1-17(2)7-10-3-11(19)8-18(10)6-9-4-15-12(16-13)5-14-9/h4-5,10-11,19H,3,6-8,13H2,1-2H3,(H,15,16). The molecule has 1 aromatic rings. The van der Waals surface area contributed by atoms with Crippen molar-refractivity contribution in [3.63, 3.8) is 0 Å². The third-order valence-electron chi connectivity index (χ3n) is 3.30. The van der Waals surface area contributed by atoms with Gasteiger partial charge < -0.3 is 15.4 Å². The van der Waals surface area contributed by atoms with Crippen molar-refractivity contribution in [2.75, 3.05) is 32.6 Å². The highest BCUT2D eigenvalue weighted by Gasteiger charge is 2.31. The van der Waals surface area contributed by atoms with Gasteiger partial charge in [-0.3, -0.25) is 9.88 Å². The number of β-amino-alcohol motifs (C(OH)–C–C–N with tert-alkyl or cyclic N) is 1. The Hall–Kier alpha value is -1.28. The molecular weight excluding hydrogens is 244 g/mol. The van der Waals surface area contributed by atoms with Crippen LogP contribution in [0.1, 0.15) is 12.1 Å². The van der Waals surface area contributed by atoms with E-state index in [-0.39, 0.29) is 6.10 Å². The molecule has 0 radical (unpaired) electrons. The average molecular weight is 266 g/mol. The zero-order chi connectivity index (χ0) is 13.8. The van der Waals surface area contributed by atoms with Gasteiger partial charge in [-0.05, 0) is 20.5 Å². The van der Waals surface area contributed by atoms with Gasteiger partial charge in [0.2, 0.25) is 0 Å². The molecule has 1 saturated heterocycles. The summed E-state index contributed by atoms with van der Waals surface area (Å²) in [6.07, 6.45) is 3.89. The van der Waals surface area contributed by atoms with E-state index in [9.17, 15) is 5.11 Å². The molecule has 4 N–H and O–H groups in total. The summed E-state index contributed by atoms with van der Waals surface area (Å²) in [4.78, 5) is 12.9. The van der Waals surface area contributed by atoms with Crippen LogP contribution in [-0.2, 0) is 6.54 Å². The number of aliphatic hydroxyl groups excluding tert-OH is 1. The quantitative estimate of drug-likeness (QED) is 0.477. The number of aliphatic hydroxyl groups is 1. The number of likely N-dealkylation sites (tertiary alicyclic amines) is 1. The Morgan fingerprint density at radius 2 is 2.26 bits per heavy atom. The summed E-state index contributed by atoms with van der Waals surface area (Å²) in [6, 6.07) is 0.360. The topological polar surface area (TPSA) is 90.5 Å². The Kier molecular flexibility index (Phi) is 4.65. The molecule has 0 aliphatic carbocycles. The number of hydrogen-bond donors (Lipinski definition) is 3. The lowest BCUT2D eigenvalue weighted by Crippen LogP contribution is -2.37. The lowest BCUT2D eigenvalue weighted by atomic mass is 10.2.